The number of carbonyl (C=O) groups is 1. The average molecular weight is 355 g/mol. The van der Waals surface area contributed by atoms with E-state index in [0.717, 1.165) is 22.7 Å². The van der Waals surface area contributed by atoms with Crippen LogP contribution in [0.1, 0.15) is 49.1 Å². The molecule has 1 atom stereocenters. The Morgan fingerprint density at radius 1 is 1.38 bits per heavy atom. The molecular formula is C19H25N5O2. The van der Waals surface area contributed by atoms with E-state index in [0.29, 0.717) is 31.4 Å². The Kier molecular flexibility index (Phi) is 5.55. The summed E-state index contributed by atoms with van der Waals surface area (Å²) in [5.41, 5.74) is 2.97. The summed E-state index contributed by atoms with van der Waals surface area (Å²) in [4.78, 5) is 16.2. The van der Waals surface area contributed by atoms with Gasteiger partial charge in [0.1, 0.15) is 0 Å². The Morgan fingerprint density at radius 2 is 2.19 bits per heavy atom. The van der Waals surface area contributed by atoms with Crippen molar-refractivity contribution in [3.63, 3.8) is 0 Å². The number of aromatic nitrogens is 1. The summed E-state index contributed by atoms with van der Waals surface area (Å²) in [5, 5.41) is 13.5. The molecule has 7 nitrogen and oxygen atoms in total. The molecule has 0 saturated heterocycles. The van der Waals surface area contributed by atoms with Crippen molar-refractivity contribution in [2.45, 2.75) is 38.6 Å². The second-order valence-electron chi connectivity index (χ2n) is 6.72. The lowest BCUT2D eigenvalue weighted by Crippen LogP contribution is -2.40. The number of hydrogen-bond donors (Lipinski definition) is 3. The maximum absolute atomic E-state index is 11.9. The summed E-state index contributed by atoms with van der Waals surface area (Å²) in [6.07, 6.45) is 0.459. The lowest BCUT2D eigenvalue weighted by atomic mass is 9.90. The first kappa shape index (κ1) is 18.0. The highest BCUT2D eigenvalue weighted by Crippen LogP contribution is 2.31. The fourth-order valence-electron chi connectivity index (χ4n) is 2.98. The summed E-state index contributed by atoms with van der Waals surface area (Å²) >= 11 is 0. The van der Waals surface area contributed by atoms with Crippen LogP contribution in [0.3, 0.4) is 0 Å². The minimum absolute atomic E-state index is 0.0429. The smallest absolute Gasteiger partial charge is 0.225 e. The molecule has 0 spiro atoms. The first-order valence-corrected chi connectivity index (χ1v) is 8.85. The van der Waals surface area contributed by atoms with Crippen molar-refractivity contribution in [1.82, 2.24) is 15.8 Å². The SMILES string of the molecule is CN=C(NCc1cc(C(C)C)no1)NCC1CC(=O)Nc2ccccc21. The van der Waals surface area contributed by atoms with Crippen LogP contribution in [-0.2, 0) is 11.3 Å². The zero-order valence-corrected chi connectivity index (χ0v) is 15.4. The number of guanidine groups is 1. The van der Waals surface area contributed by atoms with E-state index in [1.165, 1.54) is 0 Å². The van der Waals surface area contributed by atoms with Gasteiger partial charge in [-0.25, -0.2) is 0 Å². The summed E-state index contributed by atoms with van der Waals surface area (Å²) in [7, 11) is 1.72. The Balaban J connectivity index is 1.56. The van der Waals surface area contributed by atoms with Crippen molar-refractivity contribution >= 4 is 17.6 Å². The predicted octanol–water partition coefficient (Wildman–Crippen LogP) is 2.59. The van der Waals surface area contributed by atoms with Gasteiger partial charge in [0.2, 0.25) is 5.91 Å². The average Bonchev–Trinajstić information content (AvgIpc) is 3.11. The number of fused-ring (bicyclic) bond motifs is 1. The molecule has 1 aliphatic heterocycles. The highest BCUT2D eigenvalue weighted by molar-refractivity contribution is 5.94. The van der Waals surface area contributed by atoms with E-state index >= 15 is 0 Å². The minimum atomic E-state index is 0.0429. The van der Waals surface area contributed by atoms with Crippen LogP contribution in [0.4, 0.5) is 5.69 Å². The molecule has 2 heterocycles. The number of anilines is 1. The van der Waals surface area contributed by atoms with Crippen LogP contribution in [0.5, 0.6) is 0 Å². The van der Waals surface area contributed by atoms with Crippen LogP contribution in [-0.4, -0.2) is 30.6 Å². The molecule has 0 aliphatic carbocycles. The number of nitrogens with zero attached hydrogens (tertiary/aromatic N) is 2. The van der Waals surface area contributed by atoms with E-state index in [1.54, 1.807) is 7.05 Å². The number of aliphatic imine (C=N–C) groups is 1. The Morgan fingerprint density at radius 3 is 2.92 bits per heavy atom. The fourth-order valence-corrected chi connectivity index (χ4v) is 2.98. The monoisotopic (exact) mass is 355 g/mol. The van der Waals surface area contributed by atoms with Gasteiger partial charge in [-0.1, -0.05) is 37.2 Å². The third-order valence-corrected chi connectivity index (χ3v) is 4.44. The molecule has 3 N–H and O–H groups in total. The van der Waals surface area contributed by atoms with E-state index in [1.807, 2.05) is 24.3 Å². The number of carbonyl (C=O) groups excluding carboxylic acids is 1. The first-order valence-electron chi connectivity index (χ1n) is 8.85. The maximum atomic E-state index is 11.9. The van der Waals surface area contributed by atoms with E-state index in [-0.39, 0.29) is 11.8 Å². The summed E-state index contributed by atoms with van der Waals surface area (Å²) < 4.78 is 5.33. The zero-order valence-electron chi connectivity index (χ0n) is 15.4. The van der Waals surface area contributed by atoms with Crippen LogP contribution in [0.2, 0.25) is 0 Å². The lowest BCUT2D eigenvalue weighted by Gasteiger charge is -2.26. The molecule has 7 heteroatoms. The van der Waals surface area contributed by atoms with Gasteiger partial charge in [0.05, 0.1) is 12.2 Å². The fraction of sp³-hybridized carbons (Fsp3) is 0.421. The molecule has 1 unspecified atom stereocenters. The summed E-state index contributed by atoms with van der Waals surface area (Å²) in [6.45, 7) is 5.28. The Bertz CT molecular complexity index is 797. The Labute approximate surface area is 153 Å². The van der Waals surface area contributed by atoms with Crippen molar-refractivity contribution in [3.05, 3.63) is 47.3 Å². The molecule has 1 aliphatic rings. The molecule has 3 rings (SSSR count). The number of rotatable bonds is 5. The highest BCUT2D eigenvalue weighted by atomic mass is 16.5. The highest BCUT2D eigenvalue weighted by Gasteiger charge is 2.24. The van der Waals surface area contributed by atoms with Gasteiger partial charge in [0, 0.05) is 37.7 Å². The molecule has 1 amide bonds. The van der Waals surface area contributed by atoms with Crippen molar-refractivity contribution < 1.29 is 9.32 Å². The van der Waals surface area contributed by atoms with Crippen LogP contribution < -0.4 is 16.0 Å². The van der Waals surface area contributed by atoms with Crippen molar-refractivity contribution in [1.29, 1.82) is 0 Å². The zero-order chi connectivity index (χ0) is 18.5. The molecule has 1 aromatic carbocycles. The molecule has 138 valence electrons. The van der Waals surface area contributed by atoms with Gasteiger partial charge >= 0.3 is 0 Å². The molecule has 0 bridgehead atoms. The normalized spacial score (nSPS) is 17.0. The van der Waals surface area contributed by atoms with Gasteiger partial charge in [-0.15, -0.1) is 0 Å². The van der Waals surface area contributed by atoms with Crippen LogP contribution in [0, 0.1) is 0 Å². The number of nitrogens with one attached hydrogen (secondary N) is 3. The van der Waals surface area contributed by atoms with Crippen LogP contribution >= 0.6 is 0 Å². The van der Waals surface area contributed by atoms with Crippen molar-refractivity contribution in [2.75, 3.05) is 18.9 Å². The van der Waals surface area contributed by atoms with E-state index in [4.69, 9.17) is 4.52 Å². The van der Waals surface area contributed by atoms with Gasteiger partial charge in [0.25, 0.3) is 0 Å². The Hall–Kier alpha value is -2.83. The molecular weight excluding hydrogens is 330 g/mol. The van der Waals surface area contributed by atoms with Gasteiger partial charge in [-0.3, -0.25) is 9.79 Å². The predicted molar refractivity (Wildman–Crippen MR) is 101 cm³/mol. The van der Waals surface area contributed by atoms with Crippen molar-refractivity contribution in [2.24, 2.45) is 4.99 Å². The lowest BCUT2D eigenvalue weighted by molar-refractivity contribution is -0.116. The third kappa shape index (κ3) is 4.22. The van der Waals surface area contributed by atoms with Crippen molar-refractivity contribution in [3.8, 4) is 0 Å². The van der Waals surface area contributed by atoms with E-state index in [2.05, 4.69) is 46.0 Å². The molecule has 0 fully saturated rings. The van der Waals surface area contributed by atoms with E-state index in [9.17, 15) is 4.79 Å². The van der Waals surface area contributed by atoms with Crippen LogP contribution in [0.25, 0.3) is 0 Å². The van der Waals surface area contributed by atoms with Gasteiger partial charge in [-0.2, -0.15) is 0 Å². The standard InChI is InChI=1S/C19H25N5O2/c1-12(2)17-9-14(26-24-17)11-22-19(20-3)21-10-13-8-18(25)23-16-7-5-4-6-15(13)16/h4-7,9,12-13H,8,10-11H2,1-3H3,(H,23,25)(H2,20,21,22). The number of amides is 1. The first-order chi connectivity index (χ1) is 12.6. The summed E-state index contributed by atoms with van der Waals surface area (Å²) in [5.74, 6) is 1.91. The topological polar surface area (TPSA) is 91.6 Å². The number of para-hydroxylation sites is 1. The second kappa shape index (κ2) is 8.03. The van der Waals surface area contributed by atoms with Crippen LogP contribution in [0.15, 0.2) is 39.8 Å². The minimum Gasteiger partial charge on any atom is -0.359 e. The largest absolute Gasteiger partial charge is 0.359 e. The molecule has 2 aromatic rings. The maximum Gasteiger partial charge on any atom is 0.225 e. The summed E-state index contributed by atoms with van der Waals surface area (Å²) in [6, 6.07) is 9.86. The molecule has 0 saturated carbocycles. The molecule has 26 heavy (non-hydrogen) atoms. The number of hydrogen-bond acceptors (Lipinski definition) is 4. The van der Waals surface area contributed by atoms with Gasteiger partial charge in [0.15, 0.2) is 11.7 Å². The number of benzene rings is 1. The third-order valence-electron chi connectivity index (χ3n) is 4.44. The molecule has 1 aromatic heterocycles. The molecule has 0 radical (unpaired) electrons. The van der Waals surface area contributed by atoms with Gasteiger partial charge in [-0.05, 0) is 17.5 Å². The van der Waals surface area contributed by atoms with E-state index < -0.39 is 0 Å². The second-order valence-corrected chi connectivity index (χ2v) is 6.72. The quantitative estimate of drug-likeness (QED) is 0.566. The van der Waals surface area contributed by atoms with Gasteiger partial charge < -0.3 is 20.5 Å².